The van der Waals surface area contributed by atoms with E-state index in [2.05, 4.69) is 25.1 Å². The molecule has 1 nitrogen and oxygen atoms in total. The van der Waals surface area contributed by atoms with Crippen molar-refractivity contribution in [1.29, 1.82) is 5.41 Å². The summed E-state index contributed by atoms with van der Waals surface area (Å²) in [5, 5.41) is 7.40. The number of allylic oxidation sites excluding steroid dienone is 1. The molecule has 0 radical (unpaired) electrons. The lowest BCUT2D eigenvalue weighted by Gasteiger charge is -2.01. The minimum atomic E-state index is 1.03. The van der Waals surface area contributed by atoms with Gasteiger partial charge in [-0.3, -0.25) is 0 Å². The van der Waals surface area contributed by atoms with Gasteiger partial charge in [0.25, 0.3) is 0 Å². The maximum atomic E-state index is 7.40. The molecule has 0 aliphatic rings. The predicted octanol–water partition coefficient (Wildman–Crippen LogP) is 4.69. The molecule has 0 heterocycles. The first-order valence-electron chi connectivity index (χ1n) is 6.13. The van der Waals surface area contributed by atoms with Crippen LogP contribution in [0.5, 0.6) is 0 Å². The van der Waals surface area contributed by atoms with Gasteiger partial charge in [-0.05, 0) is 24.0 Å². The van der Waals surface area contributed by atoms with Gasteiger partial charge < -0.3 is 5.41 Å². The second-order valence-corrected chi connectivity index (χ2v) is 4.08. The number of hydrogen-bond donors (Lipinski definition) is 1. The van der Waals surface area contributed by atoms with Gasteiger partial charge in [-0.2, -0.15) is 0 Å². The SMILES string of the molecule is CCCCCC/C(C=N)=C\c1ccccc1. The zero-order valence-corrected chi connectivity index (χ0v) is 10.1. The van der Waals surface area contributed by atoms with Gasteiger partial charge in [0.1, 0.15) is 0 Å². The Labute approximate surface area is 98.7 Å². The number of unbranched alkanes of at least 4 members (excludes halogenated alkanes) is 3. The van der Waals surface area contributed by atoms with E-state index in [9.17, 15) is 0 Å². The fourth-order valence-electron chi connectivity index (χ4n) is 1.71. The molecule has 86 valence electrons. The molecular weight excluding hydrogens is 194 g/mol. The lowest BCUT2D eigenvalue weighted by molar-refractivity contribution is 0.671. The molecule has 0 bridgehead atoms. The molecule has 0 amide bonds. The maximum Gasteiger partial charge on any atom is 0.0210 e. The lowest BCUT2D eigenvalue weighted by atomic mass is 10.0. The summed E-state index contributed by atoms with van der Waals surface area (Å²) in [5.74, 6) is 0. The van der Waals surface area contributed by atoms with Crippen LogP contribution in [0.2, 0.25) is 0 Å². The minimum Gasteiger partial charge on any atom is -0.308 e. The quantitative estimate of drug-likeness (QED) is 0.504. The summed E-state index contributed by atoms with van der Waals surface area (Å²) in [6.45, 7) is 2.22. The zero-order chi connectivity index (χ0) is 11.6. The van der Waals surface area contributed by atoms with Crippen molar-refractivity contribution in [1.82, 2.24) is 0 Å². The van der Waals surface area contributed by atoms with E-state index >= 15 is 0 Å². The van der Waals surface area contributed by atoms with E-state index in [1.807, 2.05) is 18.2 Å². The van der Waals surface area contributed by atoms with E-state index in [-0.39, 0.29) is 0 Å². The van der Waals surface area contributed by atoms with Crippen LogP contribution in [-0.4, -0.2) is 6.21 Å². The molecular formula is C15H21N. The summed E-state index contributed by atoms with van der Waals surface area (Å²) in [7, 11) is 0. The van der Waals surface area contributed by atoms with E-state index in [4.69, 9.17) is 5.41 Å². The number of rotatable bonds is 7. The molecule has 1 heteroatoms. The molecule has 1 aromatic carbocycles. The minimum absolute atomic E-state index is 1.03. The summed E-state index contributed by atoms with van der Waals surface area (Å²) < 4.78 is 0. The van der Waals surface area contributed by atoms with Gasteiger partial charge in [0.15, 0.2) is 0 Å². The first-order chi connectivity index (χ1) is 7.86. The Morgan fingerprint density at radius 1 is 1.12 bits per heavy atom. The molecule has 0 aromatic heterocycles. The Kier molecular flexibility index (Phi) is 6.24. The Balaban J connectivity index is 2.47. The van der Waals surface area contributed by atoms with Gasteiger partial charge in [-0.15, -0.1) is 0 Å². The Hall–Kier alpha value is -1.37. The van der Waals surface area contributed by atoms with Crippen LogP contribution in [0.15, 0.2) is 35.9 Å². The van der Waals surface area contributed by atoms with Crippen LogP contribution < -0.4 is 0 Å². The van der Waals surface area contributed by atoms with E-state index in [1.54, 1.807) is 0 Å². The average Bonchev–Trinajstić information content (AvgIpc) is 2.34. The van der Waals surface area contributed by atoms with Crippen molar-refractivity contribution >= 4 is 12.3 Å². The summed E-state index contributed by atoms with van der Waals surface area (Å²) in [4.78, 5) is 0. The van der Waals surface area contributed by atoms with Gasteiger partial charge in [0.2, 0.25) is 0 Å². The fraction of sp³-hybridized carbons (Fsp3) is 0.400. The highest BCUT2D eigenvalue weighted by molar-refractivity contribution is 5.83. The van der Waals surface area contributed by atoms with Crippen molar-refractivity contribution in [3.05, 3.63) is 41.5 Å². The molecule has 0 aliphatic carbocycles. The van der Waals surface area contributed by atoms with Crippen LogP contribution in [0.1, 0.15) is 44.6 Å². The second kappa shape index (κ2) is 7.86. The van der Waals surface area contributed by atoms with Gasteiger partial charge in [-0.1, -0.05) is 62.6 Å². The number of hydrogen-bond acceptors (Lipinski definition) is 1. The third-order valence-corrected chi connectivity index (χ3v) is 2.66. The van der Waals surface area contributed by atoms with Gasteiger partial charge in [0.05, 0.1) is 0 Å². The zero-order valence-electron chi connectivity index (χ0n) is 10.1. The molecule has 0 unspecified atom stereocenters. The molecule has 1 rings (SSSR count). The summed E-state index contributed by atoms with van der Waals surface area (Å²) in [6.07, 6.45) is 9.66. The first kappa shape index (κ1) is 12.7. The molecule has 0 saturated heterocycles. The van der Waals surface area contributed by atoms with Crippen molar-refractivity contribution < 1.29 is 0 Å². The van der Waals surface area contributed by atoms with Crippen LogP contribution in [0, 0.1) is 5.41 Å². The van der Waals surface area contributed by atoms with Crippen molar-refractivity contribution in [2.75, 3.05) is 0 Å². The van der Waals surface area contributed by atoms with Crippen molar-refractivity contribution in [3.8, 4) is 0 Å². The number of benzene rings is 1. The van der Waals surface area contributed by atoms with Crippen molar-refractivity contribution in [2.45, 2.75) is 39.0 Å². The fourth-order valence-corrected chi connectivity index (χ4v) is 1.71. The van der Waals surface area contributed by atoms with Crippen LogP contribution >= 0.6 is 0 Å². The van der Waals surface area contributed by atoms with Crippen LogP contribution in [0.3, 0.4) is 0 Å². The summed E-state index contributed by atoms with van der Waals surface area (Å²) >= 11 is 0. The normalized spacial score (nSPS) is 11.4. The van der Waals surface area contributed by atoms with Gasteiger partial charge in [0, 0.05) is 6.21 Å². The summed E-state index contributed by atoms with van der Waals surface area (Å²) in [5.41, 5.74) is 2.32. The summed E-state index contributed by atoms with van der Waals surface area (Å²) in [6, 6.07) is 10.2. The highest BCUT2D eigenvalue weighted by Crippen LogP contribution is 2.12. The van der Waals surface area contributed by atoms with Gasteiger partial charge >= 0.3 is 0 Å². The largest absolute Gasteiger partial charge is 0.308 e. The molecule has 16 heavy (non-hydrogen) atoms. The van der Waals surface area contributed by atoms with Crippen molar-refractivity contribution in [2.24, 2.45) is 0 Å². The third kappa shape index (κ3) is 4.92. The van der Waals surface area contributed by atoms with E-state index in [0.717, 1.165) is 12.0 Å². The Morgan fingerprint density at radius 3 is 2.50 bits per heavy atom. The molecule has 1 aromatic rings. The second-order valence-electron chi connectivity index (χ2n) is 4.08. The monoisotopic (exact) mass is 215 g/mol. The standard InChI is InChI=1S/C15H21N/c1-2-3-4-6-11-15(13-16)12-14-9-7-5-8-10-14/h5,7-10,12-13,16H,2-4,6,11H2,1H3/b15-12+,16-13?. The Bertz CT molecular complexity index is 325. The molecule has 1 N–H and O–H groups in total. The van der Waals surface area contributed by atoms with Gasteiger partial charge in [-0.25, -0.2) is 0 Å². The maximum absolute atomic E-state index is 7.40. The topological polar surface area (TPSA) is 23.9 Å². The number of nitrogens with one attached hydrogen (secondary N) is 1. The lowest BCUT2D eigenvalue weighted by Crippen LogP contribution is -1.86. The van der Waals surface area contributed by atoms with Crippen molar-refractivity contribution in [3.63, 3.8) is 0 Å². The molecule has 0 atom stereocenters. The predicted molar refractivity (Wildman–Crippen MR) is 72.0 cm³/mol. The van der Waals surface area contributed by atoms with Crippen LogP contribution in [-0.2, 0) is 0 Å². The highest BCUT2D eigenvalue weighted by atomic mass is 14.3. The van der Waals surface area contributed by atoms with Crippen LogP contribution in [0.4, 0.5) is 0 Å². The average molecular weight is 215 g/mol. The molecule has 0 aliphatic heterocycles. The first-order valence-corrected chi connectivity index (χ1v) is 6.13. The Morgan fingerprint density at radius 2 is 1.88 bits per heavy atom. The highest BCUT2D eigenvalue weighted by Gasteiger charge is 1.95. The molecule has 0 spiro atoms. The smallest absolute Gasteiger partial charge is 0.0210 e. The molecule has 0 saturated carbocycles. The van der Waals surface area contributed by atoms with E-state index in [0.29, 0.717) is 0 Å². The third-order valence-electron chi connectivity index (χ3n) is 2.66. The van der Waals surface area contributed by atoms with Crippen LogP contribution in [0.25, 0.3) is 6.08 Å². The molecule has 0 fully saturated rings. The van der Waals surface area contributed by atoms with E-state index < -0.39 is 0 Å². The van der Waals surface area contributed by atoms with E-state index in [1.165, 1.54) is 37.5 Å².